The molecule has 4 aromatic carbocycles. The number of hydrogen-bond donors (Lipinski definition) is 0. The third-order valence-corrected chi connectivity index (χ3v) is 13.7. The van der Waals surface area contributed by atoms with Crippen molar-refractivity contribution >= 4 is 90.7 Å². The van der Waals surface area contributed by atoms with E-state index in [0.717, 1.165) is 110 Å². The SMILES string of the molecule is CCCCCCCCc1cc(S(=O)(=O)[O-])c2c(CCCCCCCC)cccc2c1.CCCCCCCCc1cc(S(=O)(=O)[O-])c2c(CCCCCCCC)cccc2c1.[Ba+2]. The van der Waals surface area contributed by atoms with E-state index in [1.54, 1.807) is 12.1 Å². The Bertz CT molecular complexity index is 1900. The summed E-state index contributed by atoms with van der Waals surface area (Å²) in [6, 6.07) is 19.3. The standard InChI is InChI=1S/2C26H40O3S.Ba/c2*1-3-5-7-9-11-13-16-22-20-24-19-15-18-23(17-14-12-10-8-6-4-2)26(24)25(21-22)30(27,28)29;/h2*15,18-21H,3-14,16-17H2,1-2H3,(H,27,28,29);/q;;+2/p-2. The van der Waals surface area contributed by atoms with Gasteiger partial charge in [0.2, 0.25) is 0 Å². The average Bonchev–Trinajstić information content (AvgIpc) is 3.22. The largest absolute Gasteiger partial charge is 2.00 e. The van der Waals surface area contributed by atoms with Gasteiger partial charge in [0, 0.05) is 10.8 Å². The first-order valence-corrected chi connectivity index (χ1v) is 26.8. The molecule has 0 amide bonds. The van der Waals surface area contributed by atoms with Gasteiger partial charge in [0.25, 0.3) is 0 Å². The molecule has 336 valence electrons. The normalized spacial score (nSPS) is 11.8. The molecule has 0 aliphatic heterocycles. The van der Waals surface area contributed by atoms with Gasteiger partial charge in [0.05, 0.1) is 9.79 Å². The Kier molecular flexibility index (Phi) is 29.0. The molecule has 6 nitrogen and oxygen atoms in total. The molecular formula is C52H78BaO6S2. The molecule has 0 unspecified atom stereocenters. The summed E-state index contributed by atoms with van der Waals surface area (Å²) >= 11 is 0. The van der Waals surface area contributed by atoms with Crippen LogP contribution in [-0.2, 0) is 45.9 Å². The van der Waals surface area contributed by atoms with Crippen LogP contribution in [0.4, 0.5) is 0 Å². The summed E-state index contributed by atoms with van der Waals surface area (Å²) in [4.78, 5) is -0.0508. The minimum Gasteiger partial charge on any atom is -0.744 e. The van der Waals surface area contributed by atoms with Gasteiger partial charge in [-0.05, 0) is 96.5 Å². The summed E-state index contributed by atoms with van der Waals surface area (Å²) in [5, 5.41) is 3.06. The van der Waals surface area contributed by atoms with E-state index in [9.17, 15) is 25.9 Å². The van der Waals surface area contributed by atoms with Gasteiger partial charge >= 0.3 is 48.9 Å². The van der Waals surface area contributed by atoms with Crippen molar-refractivity contribution in [3.8, 4) is 0 Å². The van der Waals surface area contributed by atoms with Crippen molar-refractivity contribution in [1.82, 2.24) is 0 Å². The van der Waals surface area contributed by atoms with E-state index in [1.165, 1.54) is 103 Å². The molecule has 0 atom stereocenters. The molecule has 0 heterocycles. The molecule has 0 N–H and O–H groups in total. The van der Waals surface area contributed by atoms with Crippen LogP contribution in [0.15, 0.2) is 70.5 Å². The molecule has 0 aliphatic rings. The van der Waals surface area contributed by atoms with E-state index in [1.807, 2.05) is 36.4 Å². The minimum atomic E-state index is -4.51. The quantitative estimate of drug-likeness (QED) is 0.0292. The predicted octanol–water partition coefficient (Wildman–Crippen LogP) is 14.7. The van der Waals surface area contributed by atoms with Crippen LogP contribution in [0.5, 0.6) is 0 Å². The molecule has 61 heavy (non-hydrogen) atoms. The maximum absolute atomic E-state index is 12.1. The fourth-order valence-corrected chi connectivity index (χ4v) is 10.1. The van der Waals surface area contributed by atoms with E-state index in [0.29, 0.717) is 10.8 Å². The topological polar surface area (TPSA) is 114 Å². The van der Waals surface area contributed by atoms with Gasteiger partial charge < -0.3 is 9.11 Å². The maximum Gasteiger partial charge on any atom is 2.00 e. The molecule has 4 aromatic rings. The second-order valence-electron chi connectivity index (χ2n) is 17.2. The van der Waals surface area contributed by atoms with E-state index < -0.39 is 20.2 Å². The second-order valence-corrected chi connectivity index (χ2v) is 19.9. The number of unbranched alkanes of at least 4 members (excludes halogenated alkanes) is 20. The van der Waals surface area contributed by atoms with Crippen LogP contribution in [-0.4, -0.2) is 74.8 Å². The van der Waals surface area contributed by atoms with Crippen molar-refractivity contribution < 1.29 is 25.9 Å². The second kappa shape index (κ2) is 31.6. The molecule has 0 spiro atoms. The van der Waals surface area contributed by atoms with Crippen LogP contribution >= 0.6 is 0 Å². The van der Waals surface area contributed by atoms with Crippen molar-refractivity contribution in [2.45, 2.75) is 217 Å². The summed E-state index contributed by atoms with van der Waals surface area (Å²) in [6.07, 6.45) is 31.9. The zero-order valence-electron chi connectivity index (χ0n) is 38.5. The summed E-state index contributed by atoms with van der Waals surface area (Å²) < 4.78 is 72.6. The fourth-order valence-electron chi connectivity index (χ4n) is 8.56. The van der Waals surface area contributed by atoms with Gasteiger partial charge in [-0.1, -0.05) is 205 Å². The molecule has 0 fully saturated rings. The van der Waals surface area contributed by atoms with Crippen LogP contribution < -0.4 is 0 Å². The molecule has 0 saturated carbocycles. The Morgan fingerprint density at radius 3 is 0.951 bits per heavy atom. The molecule has 9 heteroatoms. The Hall–Kier alpha value is -1.21. The average molecular weight is 1000 g/mol. The van der Waals surface area contributed by atoms with Crippen molar-refractivity contribution in [3.63, 3.8) is 0 Å². The van der Waals surface area contributed by atoms with E-state index in [2.05, 4.69) is 39.8 Å². The summed E-state index contributed by atoms with van der Waals surface area (Å²) in [5.74, 6) is 0. The van der Waals surface area contributed by atoms with E-state index in [-0.39, 0.29) is 58.7 Å². The molecule has 0 aliphatic carbocycles. The Morgan fingerprint density at radius 2 is 0.656 bits per heavy atom. The van der Waals surface area contributed by atoms with Crippen LogP contribution in [0.25, 0.3) is 21.5 Å². The van der Waals surface area contributed by atoms with Gasteiger partial charge in [-0.15, -0.1) is 0 Å². The van der Waals surface area contributed by atoms with Crippen molar-refractivity contribution in [3.05, 3.63) is 82.9 Å². The smallest absolute Gasteiger partial charge is 0.744 e. The molecule has 0 bridgehead atoms. The van der Waals surface area contributed by atoms with Gasteiger partial charge in [-0.2, -0.15) is 0 Å². The van der Waals surface area contributed by atoms with Crippen molar-refractivity contribution in [2.75, 3.05) is 0 Å². The summed E-state index contributed by atoms with van der Waals surface area (Å²) in [6.45, 7) is 8.84. The van der Waals surface area contributed by atoms with Crippen LogP contribution in [0.2, 0.25) is 0 Å². The molecule has 0 aromatic heterocycles. The van der Waals surface area contributed by atoms with Gasteiger partial charge in [-0.25, -0.2) is 16.8 Å². The van der Waals surface area contributed by atoms with Gasteiger partial charge in [0.15, 0.2) is 0 Å². The molecular weight excluding hydrogens is 922 g/mol. The van der Waals surface area contributed by atoms with Crippen molar-refractivity contribution in [2.24, 2.45) is 0 Å². The number of benzene rings is 4. The molecule has 0 radical (unpaired) electrons. The van der Waals surface area contributed by atoms with Crippen molar-refractivity contribution in [1.29, 1.82) is 0 Å². The molecule has 0 saturated heterocycles. The number of aryl methyl sites for hydroxylation is 4. The van der Waals surface area contributed by atoms with E-state index >= 15 is 0 Å². The Labute approximate surface area is 412 Å². The zero-order valence-corrected chi connectivity index (χ0v) is 44.6. The summed E-state index contributed by atoms with van der Waals surface area (Å²) in [7, 11) is -9.02. The third kappa shape index (κ3) is 21.1. The van der Waals surface area contributed by atoms with E-state index in [4.69, 9.17) is 0 Å². The fraction of sp³-hybridized carbons (Fsp3) is 0.615. The number of rotatable bonds is 30. The van der Waals surface area contributed by atoms with Crippen LogP contribution in [0, 0.1) is 0 Å². The zero-order chi connectivity index (χ0) is 43.6. The first-order valence-electron chi connectivity index (χ1n) is 23.9. The minimum absolute atomic E-state index is 0. The van der Waals surface area contributed by atoms with Gasteiger partial charge in [0.1, 0.15) is 20.2 Å². The third-order valence-electron chi connectivity index (χ3n) is 11.9. The number of hydrogen-bond acceptors (Lipinski definition) is 6. The maximum atomic E-state index is 12.1. The number of fused-ring (bicyclic) bond motifs is 2. The van der Waals surface area contributed by atoms with Crippen LogP contribution in [0.1, 0.15) is 204 Å². The van der Waals surface area contributed by atoms with Crippen LogP contribution in [0.3, 0.4) is 0 Å². The molecule has 4 rings (SSSR count). The Balaban J connectivity index is 0.000000413. The predicted molar refractivity (Wildman–Crippen MR) is 258 cm³/mol. The van der Waals surface area contributed by atoms with Gasteiger partial charge in [-0.3, -0.25) is 0 Å². The Morgan fingerprint density at radius 1 is 0.377 bits per heavy atom. The monoisotopic (exact) mass is 1000 g/mol. The first-order chi connectivity index (χ1) is 28.9. The summed E-state index contributed by atoms with van der Waals surface area (Å²) in [5.41, 5.74) is 3.90. The first kappa shape index (κ1) is 55.9.